The van der Waals surface area contributed by atoms with Crippen LogP contribution in [0.25, 0.3) is 0 Å². The maximum atomic E-state index is 14.7. The number of rotatable bonds is 6. The van der Waals surface area contributed by atoms with Crippen LogP contribution in [0.3, 0.4) is 0 Å². The molecule has 0 bridgehead atoms. The van der Waals surface area contributed by atoms with Gasteiger partial charge >= 0.3 is 0 Å². The van der Waals surface area contributed by atoms with E-state index in [2.05, 4.69) is 21.7 Å². The molecule has 0 amide bonds. The van der Waals surface area contributed by atoms with Gasteiger partial charge in [-0.25, -0.2) is 9.38 Å². The molecule has 2 heterocycles. The summed E-state index contributed by atoms with van der Waals surface area (Å²) in [7, 11) is 0. The molecule has 1 atom stereocenters. The molecule has 2 aliphatic heterocycles. The average molecular weight is 427 g/mol. The molecule has 6 nitrogen and oxygen atoms in total. The van der Waals surface area contributed by atoms with E-state index in [9.17, 15) is 9.50 Å². The number of aliphatic hydroxyl groups excluding tert-OH is 1. The minimum atomic E-state index is -0.270. The molecule has 1 saturated heterocycles. The van der Waals surface area contributed by atoms with Crippen LogP contribution in [0.2, 0.25) is 0 Å². The Labute approximate surface area is 183 Å². The second-order valence-electron chi connectivity index (χ2n) is 8.13. The fraction of sp³-hybridized carbons (Fsp3) is 0.458. The molecule has 0 saturated carbocycles. The standard InChI is InChI=1S/C24H31FN4O2/c1-2-26-24(28-16-20-14-18-5-3-4-6-23(18)31-20)27-15-17-7-8-22(21(25)13-17)29-11-9-19(30)10-12-29/h3-8,13,19-20,30H,2,9-12,14-16H2,1H3,(H2,26,27,28). The number of aliphatic hydroxyl groups is 1. The molecule has 2 aliphatic rings. The van der Waals surface area contributed by atoms with Gasteiger partial charge in [0.05, 0.1) is 24.9 Å². The van der Waals surface area contributed by atoms with Crippen LogP contribution >= 0.6 is 0 Å². The van der Waals surface area contributed by atoms with E-state index in [0.717, 1.165) is 24.3 Å². The zero-order valence-electron chi connectivity index (χ0n) is 18.0. The second kappa shape index (κ2) is 10.0. The molecular weight excluding hydrogens is 395 g/mol. The molecule has 7 heteroatoms. The number of nitrogens with zero attached hydrogens (tertiary/aromatic N) is 2. The smallest absolute Gasteiger partial charge is 0.191 e. The largest absolute Gasteiger partial charge is 0.488 e. The first-order valence-corrected chi connectivity index (χ1v) is 11.1. The Balaban J connectivity index is 1.33. The molecule has 2 aromatic carbocycles. The first kappa shape index (κ1) is 21.4. The number of piperidine rings is 1. The Kier molecular flexibility index (Phi) is 6.92. The number of hydrogen-bond acceptors (Lipinski definition) is 4. The minimum Gasteiger partial charge on any atom is -0.488 e. The number of guanidine groups is 1. The highest BCUT2D eigenvalue weighted by atomic mass is 19.1. The van der Waals surface area contributed by atoms with E-state index in [1.54, 1.807) is 6.07 Å². The summed E-state index contributed by atoms with van der Waals surface area (Å²) >= 11 is 0. The van der Waals surface area contributed by atoms with E-state index >= 15 is 0 Å². The molecule has 1 fully saturated rings. The Morgan fingerprint density at radius 3 is 2.74 bits per heavy atom. The molecule has 4 rings (SSSR count). The number of aliphatic imine (C=N–C) groups is 1. The lowest BCUT2D eigenvalue weighted by Crippen LogP contribution is -2.42. The van der Waals surface area contributed by atoms with Crippen molar-refractivity contribution in [1.29, 1.82) is 0 Å². The number of para-hydroxylation sites is 1. The maximum Gasteiger partial charge on any atom is 0.191 e. The molecule has 2 aromatic rings. The Hall–Kier alpha value is -2.80. The normalized spacial score (nSPS) is 19.1. The first-order valence-electron chi connectivity index (χ1n) is 11.1. The number of fused-ring (bicyclic) bond motifs is 1. The highest BCUT2D eigenvalue weighted by molar-refractivity contribution is 5.79. The van der Waals surface area contributed by atoms with Crippen molar-refractivity contribution in [3.8, 4) is 5.75 Å². The molecule has 0 aromatic heterocycles. The molecule has 3 N–H and O–H groups in total. The quantitative estimate of drug-likeness (QED) is 0.490. The molecule has 0 spiro atoms. The van der Waals surface area contributed by atoms with Crippen molar-refractivity contribution in [2.45, 2.75) is 44.9 Å². The van der Waals surface area contributed by atoms with Crippen molar-refractivity contribution in [3.05, 3.63) is 59.4 Å². The Morgan fingerprint density at radius 2 is 2.00 bits per heavy atom. The van der Waals surface area contributed by atoms with E-state index in [4.69, 9.17) is 4.74 Å². The van der Waals surface area contributed by atoms with E-state index in [1.807, 2.05) is 42.2 Å². The van der Waals surface area contributed by atoms with Gasteiger partial charge in [-0.15, -0.1) is 0 Å². The number of ether oxygens (including phenoxy) is 1. The van der Waals surface area contributed by atoms with E-state index in [-0.39, 0.29) is 18.0 Å². The second-order valence-corrected chi connectivity index (χ2v) is 8.13. The monoisotopic (exact) mass is 426 g/mol. The van der Waals surface area contributed by atoms with Crippen molar-refractivity contribution >= 4 is 11.6 Å². The number of nitrogens with one attached hydrogen (secondary N) is 2. The number of benzene rings is 2. The summed E-state index contributed by atoms with van der Waals surface area (Å²) in [6.07, 6.45) is 2.04. The highest BCUT2D eigenvalue weighted by Gasteiger charge is 2.22. The van der Waals surface area contributed by atoms with Crippen LogP contribution < -0.4 is 20.3 Å². The first-order chi connectivity index (χ1) is 15.1. The van der Waals surface area contributed by atoms with Crippen molar-refractivity contribution in [3.63, 3.8) is 0 Å². The van der Waals surface area contributed by atoms with Crippen LogP contribution in [-0.2, 0) is 13.0 Å². The summed E-state index contributed by atoms with van der Waals surface area (Å²) in [5.41, 5.74) is 2.65. The van der Waals surface area contributed by atoms with Crippen LogP contribution in [0.1, 0.15) is 30.9 Å². The van der Waals surface area contributed by atoms with Gasteiger partial charge in [0.15, 0.2) is 5.96 Å². The molecule has 0 aliphatic carbocycles. The van der Waals surface area contributed by atoms with Crippen LogP contribution in [-0.4, -0.2) is 49.5 Å². The Morgan fingerprint density at radius 1 is 1.19 bits per heavy atom. The topological polar surface area (TPSA) is 69.1 Å². The third-order valence-electron chi connectivity index (χ3n) is 5.79. The summed E-state index contributed by atoms with van der Waals surface area (Å²) in [5.74, 6) is 1.41. The summed E-state index contributed by atoms with van der Waals surface area (Å²) < 4.78 is 20.7. The molecular formula is C24H31FN4O2. The molecule has 1 unspecified atom stereocenters. The van der Waals surface area contributed by atoms with E-state index in [0.29, 0.717) is 50.7 Å². The maximum absolute atomic E-state index is 14.7. The third kappa shape index (κ3) is 5.47. The van der Waals surface area contributed by atoms with Crippen molar-refractivity contribution in [1.82, 2.24) is 10.6 Å². The number of anilines is 1. The number of hydrogen-bond donors (Lipinski definition) is 3. The molecule has 31 heavy (non-hydrogen) atoms. The van der Waals surface area contributed by atoms with Crippen LogP contribution in [0.4, 0.5) is 10.1 Å². The van der Waals surface area contributed by atoms with Gasteiger partial charge in [-0.05, 0) is 49.1 Å². The molecule has 0 radical (unpaired) electrons. The Bertz CT molecular complexity index is 887. The van der Waals surface area contributed by atoms with Gasteiger partial charge in [0.25, 0.3) is 0 Å². The van der Waals surface area contributed by atoms with Gasteiger partial charge in [-0.2, -0.15) is 0 Å². The predicted octanol–water partition coefficient (Wildman–Crippen LogP) is 2.85. The summed E-state index contributed by atoms with van der Waals surface area (Å²) in [4.78, 5) is 6.61. The highest BCUT2D eigenvalue weighted by Crippen LogP contribution is 2.28. The summed E-state index contributed by atoms with van der Waals surface area (Å²) in [5, 5.41) is 16.2. The predicted molar refractivity (Wildman–Crippen MR) is 121 cm³/mol. The summed E-state index contributed by atoms with van der Waals surface area (Å²) in [6, 6.07) is 13.4. The minimum absolute atomic E-state index is 0.0704. The lowest BCUT2D eigenvalue weighted by Gasteiger charge is -2.31. The van der Waals surface area contributed by atoms with Crippen molar-refractivity contribution in [2.24, 2.45) is 4.99 Å². The third-order valence-corrected chi connectivity index (χ3v) is 5.79. The fourth-order valence-electron chi connectivity index (χ4n) is 4.10. The SMILES string of the molecule is CCNC(=NCc1ccc(N2CCC(O)CC2)c(F)c1)NCC1Cc2ccccc2O1. The van der Waals surface area contributed by atoms with Gasteiger partial charge in [0.2, 0.25) is 0 Å². The van der Waals surface area contributed by atoms with Gasteiger partial charge in [0, 0.05) is 26.1 Å². The zero-order valence-corrected chi connectivity index (χ0v) is 18.0. The molecule has 166 valence electrons. The average Bonchev–Trinajstić information content (AvgIpc) is 3.19. The van der Waals surface area contributed by atoms with Crippen LogP contribution in [0.15, 0.2) is 47.5 Å². The van der Waals surface area contributed by atoms with Gasteiger partial charge < -0.3 is 25.4 Å². The van der Waals surface area contributed by atoms with Crippen LogP contribution in [0.5, 0.6) is 5.75 Å². The van der Waals surface area contributed by atoms with E-state index < -0.39 is 0 Å². The van der Waals surface area contributed by atoms with Gasteiger partial charge in [-0.3, -0.25) is 0 Å². The van der Waals surface area contributed by atoms with Gasteiger partial charge in [0.1, 0.15) is 17.7 Å². The van der Waals surface area contributed by atoms with Gasteiger partial charge in [-0.1, -0.05) is 24.3 Å². The van der Waals surface area contributed by atoms with E-state index in [1.165, 1.54) is 5.56 Å². The lowest BCUT2D eigenvalue weighted by molar-refractivity contribution is 0.145. The zero-order chi connectivity index (χ0) is 21.6. The fourth-order valence-corrected chi connectivity index (χ4v) is 4.10. The van der Waals surface area contributed by atoms with Crippen molar-refractivity contribution in [2.75, 3.05) is 31.1 Å². The summed E-state index contributed by atoms with van der Waals surface area (Å²) in [6.45, 7) is 5.15. The van der Waals surface area contributed by atoms with Crippen molar-refractivity contribution < 1.29 is 14.2 Å². The number of halogens is 1. The van der Waals surface area contributed by atoms with Crippen LogP contribution in [0, 0.1) is 5.82 Å². The lowest BCUT2D eigenvalue weighted by atomic mass is 10.1.